The van der Waals surface area contributed by atoms with Crippen molar-refractivity contribution in [2.75, 3.05) is 0 Å². The van der Waals surface area contributed by atoms with Crippen LogP contribution < -0.4 is 0 Å². The molecule has 1 radical (unpaired) electrons. The number of fused-ring (bicyclic) bond motifs is 3. The number of thiophene rings is 1. The molecule has 3 nitrogen and oxygen atoms in total. The Morgan fingerprint density at radius 3 is 2.16 bits per heavy atom. The minimum absolute atomic E-state index is 0. The van der Waals surface area contributed by atoms with E-state index in [1.807, 2.05) is 156 Å². The molecule has 0 atom stereocenters. The second-order valence-corrected chi connectivity index (χ2v) is 17.5. The zero-order chi connectivity index (χ0) is 48.1. The fraction of sp³-hybridized carbons (Fsp3) is 0.214. The Labute approximate surface area is 389 Å². The van der Waals surface area contributed by atoms with Gasteiger partial charge in [0.05, 0.1) is 5.82 Å². The second kappa shape index (κ2) is 18.7. The van der Waals surface area contributed by atoms with Crippen LogP contribution in [0.4, 0.5) is 0 Å². The maximum absolute atomic E-state index is 8.77. The van der Waals surface area contributed by atoms with Crippen molar-refractivity contribution >= 4 is 31.5 Å². The molecule has 0 spiro atoms. The van der Waals surface area contributed by atoms with E-state index in [-0.39, 0.29) is 25.7 Å². The number of aromatic nitrogens is 3. The van der Waals surface area contributed by atoms with Gasteiger partial charge >= 0.3 is 0 Å². The van der Waals surface area contributed by atoms with E-state index < -0.39 is 30.4 Å². The van der Waals surface area contributed by atoms with Gasteiger partial charge in [-0.25, -0.2) is 0 Å². The first-order valence-electron chi connectivity index (χ1n) is 23.7. The smallest absolute Gasteiger partial charge is 0.0603 e. The third-order valence-electron chi connectivity index (χ3n) is 10.4. The van der Waals surface area contributed by atoms with Crippen LogP contribution in [0.2, 0.25) is 0 Å². The van der Waals surface area contributed by atoms with Gasteiger partial charge in [-0.15, -0.1) is 53.1 Å². The van der Waals surface area contributed by atoms with E-state index in [0.717, 1.165) is 44.8 Å². The first-order valence-corrected chi connectivity index (χ1v) is 21.0. The maximum Gasteiger partial charge on any atom is 0.0603 e. The summed E-state index contributed by atoms with van der Waals surface area (Å²) in [5.74, 6) is -1.26. The predicted molar refractivity (Wildman–Crippen MR) is 256 cm³/mol. The minimum atomic E-state index is -2.29. The molecule has 0 saturated carbocycles. The topological polar surface area (TPSA) is 30.7 Å². The third kappa shape index (κ3) is 9.56. The van der Waals surface area contributed by atoms with Crippen molar-refractivity contribution in [3.05, 3.63) is 186 Å². The minimum Gasteiger partial charge on any atom is -0.340 e. The van der Waals surface area contributed by atoms with Gasteiger partial charge in [-0.2, -0.15) is 11.3 Å². The Kier molecular flexibility index (Phi) is 10.8. The number of nitrogens with zero attached hydrogens (tertiary/aromatic N) is 3. The zero-order valence-electron chi connectivity index (χ0n) is 42.5. The summed E-state index contributed by atoms with van der Waals surface area (Å²) < 4.78 is 63.0. The van der Waals surface area contributed by atoms with Gasteiger partial charge in [-0.05, 0) is 84.9 Å². The Bertz CT molecular complexity index is 3180. The molecule has 3 heterocycles. The number of hydrogen-bond acceptors (Lipinski definition) is 3. The van der Waals surface area contributed by atoms with Gasteiger partial charge in [0, 0.05) is 58.7 Å². The first kappa shape index (κ1) is 35.2. The van der Waals surface area contributed by atoms with Crippen molar-refractivity contribution in [1.82, 2.24) is 14.5 Å². The molecule has 0 N–H and O–H groups in total. The Hall–Kier alpha value is -5.45. The summed E-state index contributed by atoms with van der Waals surface area (Å²) >= 11 is 1.78. The van der Waals surface area contributed by atoms with Crippen molar-refractivity contribution in [3.8, 4) is 50.6 Å². The van der Waals surface area contributed by atoms with Crippen molar-refractivity contribution < 1.29 is 29.7 Å². The van der Waals surface area contributed by atoms with E-state index in [2.05, 4.69) is 58.5 Å². The summed E-state index contributed by atoms with van der Waals surface area (Å²) in [7, 11) is 0. The van der Waals surface area contributed by atoms with Crippen molar-refractivity contribution in [2.45, 2.75) is 73.5 Å². The van der Waals surface area contributed by atoms with Gasteiger partial charge in [0.1, 0.15) is 0 Å². The maximum atomic E-state index is 8.77. The molecule has 5 heteroatoms. The van der Waals surface area contributed by atoms with Gasteiger partial charge in [0.15, 0.2) is 0 Å². The molecule has 9 rings (SSSR count). The van der Waals surface area contributed by atoms with Gasteiger partial charge < -0.3 is 9.55 Å². The molecule has 0 aliphatic carbocycles. The van der Waals surface area contributed by atoms with Crippen LogP contribution in [0.5, 0.6) is 0 Å². The van der Waals surface area contributed by atoms with Crippen LogP contribution in [-0.2, 0) is 26.5 Å². The van der Waals surface area contributed by atoms with E-state index in [0.29, 0.717) is 22.5 Å². The van der Waals surface area contributed by atoms with Crippen LogP contribution >= 0.6 is 11.3 Å². The zero-order valence-corrected chi connectivity index (χ0v) is 38.7. The van der Waals surface area contributed by atoms with Crippen LogP contribution in [0.1, 0.15) is 92.1 Å². The predicted octanol–water partition coefficient (Wildman–Crippen LogP) is 15.7. The number of imidazole rings is 1. The summed E-state index contributed by atoms with van der Waals surface area (Å²) in [6.07, 6.45) is 3.94. The summed E-state index contributed by atoms with van der Waals surface area (Å²) in [6.45, 7) is 10.8. The Balaban J connectivity index is 0.000000199. The molecule has 3 aromatic heterocycles. The average Bonchev–Trinajstić information content (AvgIpc) is 3.94. The average molecular weight is 999 g/mol. The molecule has 0 aliphatic heterocycles. The van der Waals surface area contributed by atoms with E-state index in [9.17, 15) is 0 Å². The molecule has 0 bridgehead atoms. The number of aryl methyl sites for hydroxylation is 1. The molecular weight excluding hydrogens is 939 g/mol. The van der Waals surface area contributed by atoms with Crippen LogP contribution in [0.25, 0.3) is 70.8 Å². The molecular formula is C56H53IrN3S-2. The standard InChI is InChI=1S/C28H29N2.C28H24NS.Ir/c1-19(2)24-12-9-13-25(20(3)4)27(24)30-17-16-29-28(30)23-15-14-21(5)26(18-23)22-10-7-6-8-11-22;1-28(2,3)18-19-11-13-20(14-12-19)21-15-16-29-25(17-21)24-9-6-8-23-22-7-4-5-10-26(22)30-27(23)24;/h6-14,16-20H,1-5H3;4-8,10-17H,18H2,1-3H3;/q2*-1;/i5D3,19D,20D;18D2;. The first-order chi connectivity index (χ1) is 31.5. The van der Waals surface area contributed by atoms with Crippen LogP contribution in [-0.4, -0.2) is 14.5 Å². The molecule has 0 amide bonds. The van der Waals surface area contributed by atoms with E-state index in [4.69, 9.17) is 9.60 Å². The quantitative estimate of drug-likeness (QED) is 0.142. The van der Waals surface area contributed by atoms with Gasteiger partial charge in [0.2, 0.25) is 0 Å². The number of pyridine rings is 1. The fourth-order valence-electron chi connectivity index (χ4n) is 7.58. The Morgan fingerprint density at radius 1 is 0.738 bits per heavy atom. The van der Waals surface area contributed by atoms with Crippen molar-refractivity contribution in [3.63, 3.8) is 0 Å². The number of hydrogen-bond donors (Lipinski definition) is 0. The van der Waals surface area contributed by atoms with Crippen LogP contribution in [0.15, 0.2) is 152 Å². The van der Waals surface area contributed by atoms with Crippen molar-refractivity contribution in [2.24, 2.45) is 5.41 Å². The Morgan fingerprint density at radius 2 is 1.46 bits per heavy atom. The molecule has 61 heavy (non-hydrogen) atoms. The largest absolute Gasteiger partial charge is 0.340 e. The van der Waals surface area contributed by atoms with Crippen LogP contribution in [0.3, 0.4) is 0 Å². The van der Waals surface area contributed by atoms with Gasteiger partial charge in [0.25, 0.3) is 0 Å². The fourth-order valence-corrected chi connectivity index (χ4v) is 8.78. The molecule has 0 unspecified atom stereocenters. The summed E-state index contributed by atoms with van der Waals surface area (Å²) in [4.78, 5) is 9.26. The van der Waals surface area contributed by atoms with Gasteiger partial charge in [-0.3, -0.25) is 4.98 Å². The van der Waals surface area contributed by atoms with E-state index in [1.54, 1.807) is 17.5 Å². The molecule has 0 fully saturated rings. The third-order valence-corrected chi connectivity index (χ3v) is 11.6. The van der Waals surface area contributed by atoms with Crippen LogP contribution in [0, 0.1) is 24.4 Å². The molecule has 0 aliphatic rings. The van der Waals surface area contributed by atoms with E-state index >= 15 is 0 Å². The number of rotatable bonds is 8. The normalized spacial score (nSPS) is 14.0. The summed E-state index contributed by atoms with van der Waals surface area (Å²) in [5, 5.41) is 2.50. The number of para-hydroxylation sites is 1. The summed E-state index contributed by atoms with van der Waals surface area (Å²) in [5.41, 5.74) is 8.80. The molecule has 309 valence electrons. The molecule has 0 saturated heterocycles. The molecule has 6 aromatic carbocycles. The number of benzene rings is 6. The van der Waals surface area contributed by atoms with Gasteiger partial charge in [-0.1, -0.05) is 163 Å². The second-order valence-electron chi connectivity index (χ2n) is 16.4. The monoisotopic (exact) mass is 999 g/mol. The summed E-state index contributed by atoms with van der Waals surface area (Å²) in [6, 6.07) is 49.5. The van der Waals surface area contributed by atoms with Crippen molar-refractivity contribution in [1.29, 1.82) is 0 Å². The SMILES string of the molecule is [2H]C([2H])([2H])c1c[c-]c(-c2nccn2-c2c(C([2H])(C)C)cccc2C([2H])(C)C)cc1-c1ccccc1.[2H]C([2H])(c1ccc(-c2ccnc(-c3[c-]ccc4c3sc3ccccc34)c2)cc1)C(C)(C)C.[Ir]. The van der Waals surface area contributed by atoms with E-state index in [1.165, 1.54) is 26.2 Å². The molecule has 9 aromatic rings.